The van der Waals surface area contributed by atoms with Crippen molar-refractivity contribution in [3.05, 3.63) is 46.6 Å². The summed E-state index contributed by atoms with van der Waals surface area (Å²) in [5.74, 6) is 0. The molecular weight excluding hydrogens is 346 g/mol. The Labute approximate surface area is 149 Å². The van der Waals surface area contributed by atoms with E-state index in [9.17, 15) is 10.1 Å². The summed E-state index contributed by atoms with van der Waals surface area (Å²) in [6.45, 7) is 0.192. The molecule has 1 fully saturated rings. The number of anilines is 1. The SMILES string of the molecule is N#Cc1c(Cl)nsc1N(C(=O)OCc1ccccc1)C1CCCC1. The van der Waals surface area contributed by atoms with E-state index in [2.05, 4.69) is 4.37 Å². The van der Waals surface area contributed by atoms with E-state index < -0.39 is 6.09 Å². The molecule has 1 amide bonds. The van der Waals surface area contributed by atoms with Crippen molar-refractivity contribution < 1.29 is 9.53 Å². The Kier molecular flexibility index (Phi) is 5.34. The standard InChI is InChI=1S/C17H16ClN3O2S/c18-15-14(10-19)16(24-20-15)21(13-8-4-5-9-13)17(22)23-11-12-6-2-1-3-7-12/h1-3,6-7,13H,4-5,8-9,11H2. The zero-order valence-corrected chi connectivity index (χ0v) is 14.5. The van der Waals surface area contributed by atoms with Gasteiger partial charge in [-0.25, -0.2) is 4.79 Å². The summed E-state index contributed by atoms with van der Waals surface area (Å²) in [5.41, 5.74) is 1.16. The zero-order valence-electron chi connectivity index (χ0n) is 12.9. The topological polar surface area (TPSA) is 66.2 Å². The zero-order chi connectivity index (χ0) is 16.9. The summed E-state index contributed by atoms with van der Waals surface area (Å²) in [4.78, 5) is 14.3. The Bertz CT molecular complexity index is 751. The first kappa shape index (κ1) is 16.7. The van der Waals surface area contributed by atoms with Gasteiger partial charge in [-0.1, -0.05) is 54.8 Å². The molecule has 0 unspecified atom stereocenters. The molecule has 1 aromatic carbocycles. The Hall–Kier alpha value is -2.10. The second-order valence-corrected chi connectivity index (χ2v) is 6.72. The summed E-state index contributed by atoms with van der Waals surface area (Å²) >= 11 is 7.04. The third-order valence-electron chi connectivity index (χ3n) is 4.05. The number of nitriles is 1. The van der Waals surface area contributed by atoms with Gasteiger partial charge in [0.25, 0.3) is 0 Å². The number of hydrogen-bond acceptors (Lipinski definition) is 5. The van der Waals surface area contributed by atoms with Gasteiger partial charge in [-0.15, -0.1) is 0 Å². The molecule has 2 aromatic rings. The van der Waals surface area contributed by atoms with Gasteiger partial charge >= 0.3 is 6.09 Å². The molecule has 1 saturated carbocycles. The molecule has 1 aromatic heterocycles. The molecule has 7 heteroatoms. The van der Waals surface area contributed by atoms with Crippen molar-refractivity contribution >= 4 is 34.2 Å². The van der Waals surface area contributed by atoms with Gasteiger partial charge in [0.1, 0.15) is 23.2 Å². The van der Waals surface area contributed by atoms with E-state index in [1.807, 2.05) is 36.4 Å². The molecule has 3 rings (SSSR count). The maximum Gasteiger partial charge on any atom is 0.415 e. The summed E-state index contributed by atoms with van der Waals surface area (Å²) in [7, 11) is 0. The highest BCUT2D eigenvalue weighted by atomic mass is 35.5. The van der Waals surface area contributed by atoms with Crippen molar-refractivity contribution in [2.24, 2.45) is 0 Å². The molecule has 5 nitrogen and oxygen atoms in total. The van der Waals surface area contributed by atoms with E-state index in [1.54, 1.807) is 4.90 Å². The lowest BCUT2D eigenvalue weighted by Gasteiger charge is -2.26. The van der Waals surface area contributed by atoms with E-state index in [0.717, 1.165) is 42.8 Å². The smallest absolute Gasteiger partial charge is 0.415 e. The largest absolute Gasteiger partial charge is 0.444 e. The van der Waals surface area contributed by atoms with Crippen LogP contribution in [0.4, 0.5) is 9.80 Å². The Morgan fingerprint density at radius 1 is 1.38 bits per heavy atom. The van der Waals surface area contributed by atoms with Gasteiger partial charge in [-0.2, -0.15) is 9.64 Å². The number of hydrogen-bond donors (Lipinski definition) is 0. The van der Waals surface area contributed by atoms with Crippen molar-refractivity contribution in [3.63, 3.8) is 0 Å². The fourth-order valence-corrected chi connectivity index (χ4v) is 3.96. The predicted molar refractivity (Wildman–Crippen MR) is 93.2 cm³/mol. The molecule has 0 N–H and O–H groups in total. The summed E-state index contributed by atoms with van der Waals surface area (Å²) < 4.78 is 9.49. The monoisotopic (exact) mass is 361 g/mol. The first-order valence-electron chi connectivity index (χ1n) is 7.76. The molecule has 0 spiro atoms. The van der Waals surface area contributed by atoms with Gasteiger partial charge in [0, 0.05) is 6.04 Å². The van der Waals surface area contributed by atoms with Crippen LogP contribution >= 0.6 is 23.1 Å². The van der Waals surface area contributed by atoms with E-state index in [-0.39, 0.29) is 23.4 Å². The maximum atomic E-state index is 12.7. The van der Waals surface area contributed by atoms with Gasteiger partial charge in [0.05, 0.1) is 0 Å². The molecule has 1 aliphatic carbocycles. The van der Waals surface area contributed by atoms with Crippen LogP contribution in [0.2, 0.25) is 5.15 Å². The molecule has 0 bridgehead atoms. The van der Waals surface area contributed by atoms with Crippen molar-refractivity contribution in [3.8, 4) is 6.07 Å². The summed E-state index contributed by atoms with van der Waals surface area (Å²) in [6.07, 6.45) is 3.44. The molecule has 0 radical (unpaired) electrons. The van der Waals surface area contributed by atoms with Gasteiger partial charge in [0.15, 0.2) is 5.15 Å². The highest BCUT2D eigenvalue weighted by molar-refractivity contribution is 7.11. The quantitative estimate of drug-likeness (QED) is 0.787. The average Bonchev–Trinajstić information content (AvgIpc) is 3.25. The third kappa shape index (κ3) is 3.53. The van der Waals surface area contributed by atoms with Crippen LogP contribution in [0.25, 0.3) is 0 Å². The van der Waals surface area contributed by atoms with Gasteiger partial charge < -0.3 is 4.74 Å². The van der Waals surface area contributed by atoms with E-state index in [0.29, 0.717) is 5.00 Å². The third-order valence-corrected chi connectivity index (χ3v) is 5.28. The first-order chi connectivity index (χ1) is 11.7. The van der Waals surface area contributed by atoms with Crippen LogP contribution in [-0.2, 0) is 11.3 Å². The first-order valence-corrected chi connectivity index (χ1v) is 8.91. The second-order valence-electron chi connectivity index (χ2n) is 5.61. The number of amides is 1. The van der Waals surface area contributed by atoms with Crippen molar-refractivity contribution in [2.45, 2.75) is 38.3 Å². The van der Waals surface area contributed by atoms with Gasteiger partial charge in [-0.05, 0) is 29.9 Å². The number of carbonyl (C=O) groups is 1. The van der Waals surface area contributed by atoms with E-state index in [4.69, 9.17) is 16.3 Å². The molecule has 1 aliphatic rings. The molecule has 0 saturated heterocycles. The summed E-state index contributed by atoms with van der Waals surface area (Å²) in [5, 5.41) is 9.94. The maximum absolute atomic E-state index is 12.7. The molecule has 24 heavy (non-hydrogen) atoms. The minimum absolute atomic E-state index is 0.0249. The number of benzene rings is 1. The van der Waals surface area contributed by atoms with Crippen LogP contribution in [0.3, 0.4) is 0 Å². The fourth-order valence-electron chi connectivity index (χ4n) is 2.87. The van der Waals surface area contributed by atoms with Gasteiger partial charge in [-0.3, -0.25) is 4.90 Å². The minimum Gasteiger partial charge on any atom is -0.444 e. The Balaban J connectivity index is 1.82. The van der Waals surface area contributed by atoms with Crippen molar-refractivity contribution in [2.75, 3.05) is 4.90 Å². The number of ether oxygens (including phenoxy) is 1. The summed E-state index contributed by atoms with van der Waals surface area (Å²) in [6, 6.07) is 11.6. The average molecular weight is 362 g/mol. The van der Waals surface area contributed by atoms with Gasteiger partial charge in [0.2, 0.25) is 0 Å². The van der Waals surface area contributed by atoms with Crippen molar-refractivity contribution in [1.82, 2.24) is 4.37 Å². The predicted octanol–water partition coefficient (Wildman–Crippen LogP) is 4.75. The number of nitrogens with zero attached hydrogens (tertiary/aromatic N) is 3. The fraction of sp³-hybridized carbons (Fsp3) is 0.353. The highest BCUT2D eigenvalue weighted by Crippen LogP contribution is 2.36. The molecule has 0 atom stereocenters. The highest BCUT2D eigenvalue weighted by Gasteiger charge is 2.33. The molecule has 1 heterocycles. The van der Waals surface area contributed by atoms with E-state index in [1.165, 1.54) is 0 Å². The van der Waals surface area contributed by atoms with Crippen LogP contribution in [0.15, 0.2) is 30.3 Å². The number of aromatic nitrogens is 1. The Morgan fingerprint density at radius 2 is 2.08 bits per heavy atom. The van der Waals surface area contributed by atoms with Crippen LogP contribution < -0.4 is 4.90 Å². The lowest BCUT2D eigenvalue weighted by molar-refractivity contribution is 0.144. The van der Waals surface area contributed by atoms with Crippen molar-refractivity contribution in [1.29, 1.82) is 5.26 Å². The minimum atomic E-state index is -0.456. The number of rotatable bonds is 4. The Morgan fingerprint density at radius 3 is 2.75 bits per heavy atom. The lowest BCUT2D eigenvalue weighted by atomic mass is 10.2. The number of halogens is 1. The van der Waals surface area contributed by atoms with Crippen LogP contribution in [0.1, 0.15) is 36.8 Å². The molecular formula is C17H16ClN3O2S. The van der Waals surface area contributed by atoms with Crippen LogP contribution in [0, 0.1) is 11.3 Å². The van der Waals surface area contributed by atoms with Crippen LogP contribution in [-0.4, -0.2) is 16.5 Å². The molecule has 0 aliphatic heterocycles. The second kappa shape index (κ2) is 7.65. The normalized spacial score (nSPS) is 14.3. The lowest BCUT2D eigenvalue weighted by Crippen LogP contribution is -2.39. The molecule has 124 valence electrons. The van der Waals surface area contributed by atoms with E-state index >= 15 is 0 Å². The number of carbonyl (C=O) groups excluding carboxylic acids is 1. The van der Waals surface area contributed by atoms with Crippen LogP contribution in [0.5, 0.6) is 0 Å².